The molecule has 0 spiro atoms. The van der Waals surface area contributed by atoms with E-state index in [1.807, 2.05) is 17.0 Å². The fourth-order valence-corrected chi connectivity index (χ4v) is 8.16. The average molecular weight is 504 g/mol. The SMILES string of the molecule is CC(C)CCSc1nc(N2CC[C@@H](OC(=O)O)C2)ccc1C(=O)N[C@H]1C2CC3CC1C[C@@](O)(C3)C2. The van der Waals surface area contributed by atoms with Gasteiger partial charge in [0.1, 0.15) is 16.9 Å². The molecule has 0 radical (unpaired) electrons. The van der Waals surface area contributed by atoms with Gasteiger partial charge in [-0.2, -0.15) is 0 Å². The Bertz CT molecular complexity index is 956. The second kappa shape index (κ2) is 9.81. The maximum Gasteiger partial charge on any atom is 0.506 e. The molecule has 3 atom stereocenters. The first-order valence-corrected chi connectivity index (χ1v) is 14.0. The van der Waals surface area contributed by atoms with Gasteiger partial charge in [0.15, 0.2) is 0 Å². The summed E-state index contributed by atoms with van der Waals surface area (Å²) in [5, 5.41) is 23.9. The summed E-state index contributed by atoms with van der Waals surface area (Å²) in [6.45, 7) is 5.51. The quantitative estimate of drug-likeness (QED) is 0.358. The van der Waals surface area contributed by atoms with Gasteiger partial charge in [0, 0.05) is 19.0 Å². The van der Waals surface area contributed by atoms with Gasteiger partial charge in [0.25, 0.3) is 5.91 Å². The Morgan fingerprint density at radius 2 is 2.00 bits per heavy atom. The van der Waals surface area contributed by atoms with Crippen molar-refractivity contribution in [2.24, 2.45) is 23.7 Å². The van der Waals surface area contributed by atoms with Crippen LogP contribution in [0.2, 0.25) is 0 Å². The molecule has 0 aromatic carbocycles. The van der Waals surface area contributed by atoms with Gasteiger partial charge in [0.05, 0.1) is 17.7 Å². The number of carbonyl (C=O) groups is 2. The largest absolute Gasteiger partial charge is 0.506 e. The highest BCUT2D eigenvalue weighted by molar-refractivity contribution is 7.99. The molecule has 2 heterocycles. The molecular weight excluding hydrogens is 466 g/mol. The zero-order valence-corrected chi connectivity index (χ0v) is 21.4. The number of nitrogens with zero attached hydrogens (tertiary/aromatic N) is 2. The number of hydrogen-bond acceptors (Lipinski definition) is 7. The first-order valence-electron chi connectivity index (χ1n) is 13.0. The third-order valence-electron chi connectivity index (χ3n) is 8.30. The number of aliphatic hydroxyl groups is 1. The first-order chi connectivity index (χ1) is 16.7. The Hall–Kier alpha value is -2.00. The Morgan fingerprint density at radius 1 is 1.26 bits per heavy atom. The monoisotopic (exact) mass is 503 g/mol. The van der Waals surface area contributed by atoms with Gasteiger partial charge in [-0.1, -0.05) is 13.8 Å². The summed E-state index contributed by atoms with van der Waals surface area (Å²) in [6.07, 6.45) is 4.78. The van der Waals surface area contributed by atoms with Crippen molar-refractivity contribution in [3.8, 4) is 0 Å². The second-order valence-electron chi connectivity index (χ2n) is 11.5. The number of thioether (sulfide) groups is 1. The van der Waals surface area contributed by atoms with E-state index in [-0.39, 0.29) is 18.1 Å². The molecule has 6 rings (SSSR count). The standard InChI is InChI=1S/C26H37N3O5S/c1-15(2)6-8-35-24-20(3-4-21(27-24)29-7-5-19(14-29)34-25(31)32)23(30)28-22-17-9-16-10-18(22)13-26(33,11-16)12-17/h3-4,15-19,22,33H,5-14H2,1-2H3,(H,28,30)(H,31,32)/t16?,17?,18?,19-,22-,26+/m1/s1. The molecule has 1 saturated heterocycles. The van der Waals surface area contributed by atoms with E-state index in [0.29, 0.717) is 48.7 Å². The number of hydrogen-bond donors (Lipinski definition) is 3. The molecule has 192 valence electrons. The molecule has 1 aliphatic heterocycles. The number of pyridine rings is 1. The molecule has 4 saturated carbocycles. The van der Waals surface area contributed by atoms with E-state index in [0.717, 1.165) is 55.1 Å². The molecule has 4 bridgehead atoms. The molecule has 1 aromatic heterocycles. The lowest BCUT2D eigenvalue weighted by Crippen LogP contribution is -2.61. The maximum absolute atomic E-state index is 13.5. The van der Waals surface area contributed by atoms with Crippen molar-refractivity contribution in [3.63, 3.8) is 0 Å². The van der Waals surface area contributed by atoms with Crippen LogP contribution in [0.4, 0.5) is 10.6 Å². The van der Waals surface area contributed by atoms with Crippen LogP contribution in [-0.2, 0) is 4.74 Å². The van der Waals surface area contributed by atoms with E-state index in [9.17, 15) is 14.7 Å². The summed E-state index contributed by atoms with van der Waals surface area (Å²) in [6, 6.07) is 3.86. The predicted molar refractivity (Wildman–Crippen MR) is 134 cm³/mol. The molecule has 5 fully saturated rings. The van der Waals surface area contributed by atoms with Gasteiger partial charge in [-0.15, -0.1) is 11.8 Å². The zero-order chi connectivity index (χ0) is 24.7. The maximum atomic E-state index is 13.5. The fourth-order valence-electron chi connectivity index (χ4n) is 6.90. The topological polar surface area (TPSA) is 112 Å². The number of ether oxygens (including phenoxy) is 1. The molecule has 35 heavy (non-hydrogen) atoms. The van der Waals surface area contributed by atoms with Gasteiger partial charge in [-0.05, 0) is 80.1 Å². The predicted octanol–water partition coefficient (Wildman–Crippen LogP) is 4.16. The summed E-state index contributed by atoms with van der Waals surface area (Å²) >= 11 is 1.61. The van der Waals surface area contributed by atoms with Crippen LogP contribution in [0, 0.1) is 23.7 Å². The summed E-state index contributed by atoms with van der Waals surface area (Å²) < 4.78 is 4.94. The number of amides is 1. The molecule has 8 nitrogen and oxygen atoms in total. The van der Waals surface area contributed by atoms with E-state index in [4.69, 9.17) is 14.8 Å². The lowest BCUT2D eigenvalue weighted by Gasteiger charge is -2.58. The normalized spacial score (nSPS) is 33.4. The van der Waals surface area contributed by atoms with Crippen LogP contribution in [0.15, 0.2) is 17.2 Å². The second-order valence-corrected chi connectivity index (χ2v) is 12.6. The van der Waals surface area contributed by atoms with Crippen LogP contribution < -0.4 is 10.2 Å². The Kier molecular flexibility index (Phi) is 6.92. The van der Waals surface area contributed by atoms with Crippen molar-refractivity contribution in [2.75, 3.05) is 23.7 Å². The van der Waals surface area contributed by atoms with Gasteiger partial charge in [0.2, 0.25) is 0 Å². The minimum absolute atomic E-state index is 0.0749. The molecule has 1 amide bonds. The van der Waals surface area contributed by atoms with E-state index in [1.54, 1.807) is 11.8 Å². The van der Waals surface area contributed by atoms with Gasteiger partial charge in [-0.25, -0.2) is 9.78 Å². The van der Waals surface area contributed by atoms with Crippen LogP contribution in [-0.4, -0.2) is 63.8 Å². The highest BCUT2D eigenvalue weighted by atomic mass is 32.2. The van der Waals surface area contributed by atoms with Crippen LogP contribution in [0.1, 0.15) is 69.2 Å². The smallest absolute Gasteiger partial charge is 0.450 e. The minimum Gasteiger partial charge on any atom is -0.450 e. The summed E-state index contributed by atoms with van der Waals surface area (Å²) in [5.74, 6) is 3.43. The number of aromatic nitrogens is 1. The lowest BCUT2D eigenvalue weighted by molar-refractivity contribution is -0.136. The molecule has 9 heteroatoms. The minimum atomic E-state index is -1.25. The first kappa shape index (κ1) is 24.7. The van der Waals surface area contributed by atoms with E-state index in [1.165, 1.54) is 0 Å². The number of anilines is 1. The average Bonchev–Trinajstić information content (AvgIpc) is 3.22. The van der Waals surface area contributed by atoms with Gasteiger partial charge < -0.3 is 25.2 Å². The zero-order valence-electron chi connectivity index (χ0n) is 20.6. The lowest BCUT2D eigenvalue weighted by atomic mass is 9.52. The molecule has 3 N–H and O–H groups in total. The van der Waals surface area contributed by atoms with Crippen molar-refractivity contribution in [1.29, 1.82) is 0 Å². The molecule has 5 aliphatic rings. The molecule has 2 unspecified atom stereocenters. The highest BCUT2D eigenvalue weighted by Gasteiger charge is 2.55. The van der Waals surface area contributed by atoms with Crippen molar-refractivity contribution >= 4 is 29.6 Å². The number of nitrogens with one attached hydrogen (secondary N) is 1. The van der Waals surface area contributed by atoms with Crippen molar-refractivity contribution in [3.05, 3.63) is 17.7 Å². The third kappa shape index (κ3) is 5.40. The number of carboxylic acid groups (broad SMARTS) is 1. The summed E-state index contributed by atoms with van der Waals surface area (Å²) in [5.41, 5.74) is 0.0871. The van der Waals surface area contributed by atoms with Crippen LogP contribution in [0.5, 0.6) is 0 Å². The van der Waals surface area contributed by atoms with Crippen LogP contribution >= 0.6 is 11.8 Å². The van der Waals surface area contributed by atoms with Crippen LogP contribution in [0.3, 0.4) is 0 Å². The van der Waals surface area contributed by atoms with Crippen LogP contribution in [0.25, 0.3) is 0 Å². The number of carbonyl (C=O) groups excluding carboxylic acids is 1. The Labute approximate surface area is 211 Å². The van der Waals surface area contributed by atoms with E-state index >= 15 is 0 Å². The summed E-state index contributed by atoms with van der Waals surface area (Å²) in [7, 11) is 0. The molecular formula is C26H37N3O5S. The van der Waals surface area contributed by atoms with Crippen molar-refractivity contribution < 1.29 is 24.5 Å². The van der Waals surface area contributed by atoms with Gasteiger partial charge >= 0.3 is 6.16 Å². The van der Waals surface area contributed by atoms with Gasteiger partial charge in [-0.3, -0.25) is 4.79 Å². The van der Waals surface area contributed by atoms with Crippen molar-refractivity contribution in [1.82, 2.24) is 10.3 Å². The van der Waals surface area contributed by atoms with E-state index in [2.05, 4.69) is 19.2 Å². The van der Waals surface area contributed by atoms with E-state index < -0.39 is 11.8 Å². The third-order valence-corrected chi connectivity index (χ3v) is 9.32. The van der Waals surface area contributed by atoms with Crippen molar-refractivity contribution in [2.45, 2.75) is 81.6 Å². The number of rotatable bonds is 8. The highest BCUT2D eigenvalue weighted by Crippen LogP contribution is 2.55. The Balaban J connectivity index is 1.31. The molecule has 4 aliphatic carbocycles. The fraction of sp³-hybridized carbons (Fsp3) is 0.731. The Morgan fingerprint density at radius 3 is 2.66 bits per heavy atom. The molecule has 1 aromatic rings. The summed E-state index contributed by atoms with van der Waals surface area (Å²) in [4.78, 5) is 31.3.